The van der Waals surface area contributed by atoms with Gasteiger partial charge in [-0.05, 0) is 42.2 Å². The highest BCUT2D eigenvalue weighted by Gasteiger charge is 2.51. The van der Waals surface area contributed by atoms with E-state index < -0.39 is 6.04 Å². The summed E-state index contributed by atoms with van der Waals surface area (Å²) in [5.41, 5.74) is 8.15. The average molecular weight is 450 g/mol. The van der Waals surface area contributed by atoms with Crippen LogP contribution in [0.1, 0.15) is 37.8 Å². The van der Waals surface area contributed by atoms with Crippen LogP contribution in [0, 0.1) is 11.3 Å². The fourth-order valence-corrected chi connectivity index (χ4v) is 5.47. The summed E-state index contributed by atoms with van der Waals surface area (Å²) in [6, 6.07) is 8.73. The molecule has 1 aromatic carbocycles. The molecule has 2 bridgehead atoms. The SMILES string of the molecule is C[C@H](c1ccc(-c2nnn[nH]2)cc1)N1C(=O)[C@@H]2C[C@H]1CN2C[C@H](N)C(=O)N1CCC[C@H]1C#N. The number of carbonyl (C=O) groups excluding carboxylic acids is 2. The van der Waals surface area contributed by atoms with Crippen molar-refractivity contribution in [1.29, 1.82) is 5.26 Å². The van der Waals surface area contributed by atoms with Gasteiger partial charge in [0, 0.05) is 31.2 Å². The molecule has 3 fully saturated rings. The van der Waals surface area contributed by atoms with E-state index in [0.29, 0.717) is 31.9 Å². The van der Waals surface area contributed by atoms with E-state index in [2.05, 4.69) is 26.7 Å². The van der Waals surface area contributed by atoms with E-state index in [-0.39, 0.29) is 36.0 Å². The number of likely N-dealkylation sites (tertiary alicyclic amines) is 3. The first kappa shape index (κ1) is 21.5. The van der Waals surface area contributed by atoms with Crippen LogP contribution in [0.5, 0.6) is 0 Å². The van der Waals surface area contributed by atoms with Crippen molar-refractivity contribution < 1.29 is 9.59 Å². The first-order valence-corrected chi connectivity index (χ1v) is 11.3. The summed E-state index contributed by atoms with van der Waals surface area (Å²) in [4.78, 5) is 31.6. The minimum absolute atomic E-state index is 0.0622. The number of hydrogen-bond acceptors (Lipinski definition) is 8. The van der Waals surface area contributed by atoms with E-state index in [1.807, 2.05) is 41.0 Å². The number of carbonyl (C=O) groups is 2. The Morgan fingerprint density at radius 2 is 2.15 bits per heavy atom. The molecule has 3 saturated heterocycles. The lowest BCUT2D eigenvalue weighted by Crippen LogP contribution is -2.56. The van der Waals surface area contributed by atoms with Crippen molar-refractivity contribution in [3.05, 3.63) is 29.8 Å². The predicted octanol–water partition coefficient (Wildman–Crippen LogP) is 0.0547. The highest BCUT2D eigenvalue weighted by atomic mass is 16.2. The second-order valence-electron chi connectivity index (χ2n) is 9.08. The maximum Gasteiger partial charge on any atom is 0.241 e. The van der Waals surface area contributed by atoms with Crippen LogP contribution in [0.4, 0.5) is 0 Å². The van der Waals surface area contributed by atoms with Crippen molar-refractivity contribution in [2.24, 2.45) is 5.73 Å². The third kappa shape index (κ3) is 3.75. The van der Waals surface area contributed by atoms with E-state index in [9.17, 15) is 14.9 Å². The van der Waals surface area contributed by atoms with Gasteiger partial charge in [0.2, 0.25) is 11.8 Å². The van der Waals surface area contributed by atoms with E-state index >= 15 is 0 Å². The molecule has 5 atom stereocenters. The van der Waals surface area contributed by atoms with Crippen LogP contribution in [0.15, 0.2) is 24.3 Å². The lowest BCUT2D eigenvalue weighted by molar-refractivity contribution is -0.140. The maximum atomic E-state index is 13.2. The molecule has 0 spiro atoms. The van der Waals surface area contributed by atoms with Crippen LogP contribution >= 0.6 is 0 Å². The zero-order chi connectivity index (χ0) is 23.1. The van der Waals surface area contributed by atoms with Gasteiger partial charge in [-0.15, -0.1) is 5.10 Å². The highest BCUT2D eigenvalue weighted by molar-refractivity contribution is 5.87. The van der Waals surface area contributed by atoms with Crippen molar-refractivity contribution in [1.82, 2.24) is 35.3 Å². The van der Waals surface area contributed by atoms with Crippen LogP contribution in [0.2, 0.25) is 0 Å². The molecule has 2 amide bonds. The van der Waals surface area contributed by atoms with Crippen molar-refractivity contribution in [2.45, 2.75) is 56.4 Å². The number of H-pyrrole nitrogens is 1. The molecule has 0 radical (unpaired) electrons. The van der Waals surface area contributed by atoms with E-state index in [4.69, 9.17) is 5.73 Å². The normalized spacial score (nSPS) is 26.6. The Morgan fingerprint density at radius 3 is 2.82 bits per heavy atom. The van der Waals surface area contributed by atoms with Crippen molar-refractivity contribution in [3.63, 3.8) is 0 Å². The Kier molecular flexibility index (Phi) is 5.55. The van der Waals surface area contributed by atoms with Crippen LogP contribution in [0.3, 0.4) is 0 Å². The number of benzene rings is 1. The van der Waals surface area contributed by atoms with Gasteiger partial charge in [0.1, 0.15) is 6.04 Å². The number of amides is 2. The summed E-state index contributed by atoms with van der Waals surface area (Å²) in [5.74, 6) is 0.488. The second-order valence-corrected chi connectivity index (χ2v) is 9.08. The summed E-state index contributed by atoms with van der Waals surface area (Å²) < 4.78 is 0. The number of aromatic nitrogens is 4. The Hall–Kier alpha value is -3.36. The zero-order valence-electron chi connectivity index (χ0n) is 18.5. The molecule has 3 aliphatic heterocycles. The number of fused-ring (bicyclic) bond motifs is 2. The van der Waals surface area contributed by atoms with Crippen LogP contribution < -0.4 is 5.73 Å². The molecule has 0 aliphatic carbocycles. The van der Waals surface area contributed by atoms with Crippen LogP contribution in [0.25, 0.3) is 11.4 Å². The number of nitrogens with two attached hydrogens (primary N) is 1. The average Bonchev–Trinajstić information content (AvgIpc) is 3.62. The zero-order valence-corrected chi connectivity index (χ0v) is 18.5. The number of rotatable bonds is 6. The van der Waals surface area contributed by atoms with Gasteiger partial charge < -0.3 is 15.5 Å². The molecule has 3 N–H and O–H groups in total. The minimum Gasteiger partial charge on any atom is -0.330 e. The molecule has 0 unspecified atom stereocenters. The Balaban J connectivity index is 1.22. The monoisotopic (exact) mass is 449 g/mol. The molecular formula is C22H27N9O2. The molecule has 5 rings (SSSR count). The number of nitriles is 1. The van der Waals surface area contributed by atoms with Gasteiger partial charge in [-0.25, -0.2) is 5.10 Å². The molecule has 11 nitrogen and oxygen atoms in total. The number of tetrazole rings is 1. The lowest BCUT2D eigenvalue weighted by Gasteiger charge is -2.38. The van der Waals surface area contributed by atoms with E-state index in [0.717, 1.165) is 24.0 Å². The number of hydrogen-bond donors (Lipinski definition) is 2. The molecule has 11 heteroatoms. The van der Waals surface area contributed by atoms with Crippen molar-refractivity contribution in [2.75, 3.05) is 19.6 Å². The van der Waals surface area contributed by atoms with Crippen LogP contribution in [-0.2, 0) is 9.59 Å². The Morgan fingerprint density at radius 1 is 1.36 bits per heavy atom. The van der Waals surface area contributed by atoms with E-state index in [1.54, 1.807) is 4.90 Å². The molecule has 33 heavy (non-hydrogen) atoms. The Labute approximate surface area is 191 Å². The first-order valence-electron chi connectivity index (χ1n) is 11.3. The maximum absolute atomic E-state index is 13.2. The third-order valence-corrected chi connectivity index (χ3v) is 7.18. The summed E-state index contributed by atoms with van der Waals surface area (Å²) in [5, 5.41) is 23.1. The van der Waals surface area contributed by atoms with Gasteiger partial charge in [-0.2, -0.15) is 5.26 Å². The molecule has 3 aliphatic rings. The molecule has 172 valence electrons. The summed E-state index contributed by atoms with van der Waals surface area (Å²) in [6.45, 7) is 3.65. The quantitative estimate of drug-likeness (QED) is 0.629. The van der Waals surface area contributed by atoms with Gasteiger partial charge in [-0.3, -0.25) is 14.5 Å². The summed E-state index contributed by atoms with van der Waals surface area (Å²) in [7, 11) is 0. The lowest BCUT2D eigenvalue weighted by atomic mass is 10.0. The fraction of sp³-hybridized carbons (Fsp3) is 0.545. The molecular weight excluding hydrogens is 422 g/mol. The van der Waals surface area contributed by atoms with Crippen molar-refractivity contribution >= 4 is 11.8 Å². The smallest absolute Gasteiger partial charge is 0.241 e. The number of piperazine rings is 1. The standard InChI is InChI=1S/C22H27N9O2/c1-13(14-4-6-15(7-5-14)20-25-27-28-26-20)31-17-9-19(22(31)33)29(11-17)12-18(24)21(32)30-8-2-3-16(30)10-23/h4-7,13,16-19H,2-3,8-9,11-12,24H2,1H3,(H,25,26,27,28)/t13-,16+,17+,18+,19+/m1/s1. The summed E-state index contributed by atoms with van der Waals surface area (Å²) >= 11 is 0. The van der Waals surface area contributed by atoms with Gasteiger partial charge in [-0.1, -0.05) is 24.3 Å². The molecule has 2 aromatic rings. The number of nitrogens with zero attached hydrogens (tertiary/aromatic N) is 7. The van der Waals surface area contributed by atoms with Crippen molar-refractivity contribution in [3.8, 4) is 17.5 Å². The number of nitrogens with one attached hydrogen (secondary N) is 1. The van der Waals surface area contributed by atoms with Gasteiger partial charge in [0.25, 0.3) is 0 Å². The topological polar surface area (TPSA) is 148 Å². The van der Waals surface area contributed by atoms with Gasteiger partial charge >= 0.3 is 0 Å². The molecule has 0 saturated carbocycles. The van der Waals surface area contributed by atoms with Gasteiger partial charge in [0.05, 0.1) is 24.2 Å². The van der Waals surface area contributed by atoms with E-state index in [1.165, 1.54) is 0 Å². The largest absolute Gasteiger partial charge is 0.330 e. The fourth-order valence-electron chi connectivity index (χ4n) is 5.47. The third-order valence-electron chi connectivity index (χ3n) is 7.18. The Bertz CT molecular complexity index is 1060. The molecule has 1 aromatic heterocycles. The predicted molar refractivity (Wildman–Crippen MR) is 117 cm³/mol. The first-order chi connectivity index (χ1) is 16.0. The van der Waals surface area contributed by atoms with Crippen LogP contribution in [-0.4, -0.2) is 90.9 Å². The number of aromatic amines is 1. The second kappa shape index (κ2) is 8.53. The molecule has 4 heterocycles. The minimum atomic E-state index is -0.727. The highest BCUT2D eigenvalue weighted by Crippen LogP contribution is 2.38. The van der Waals surface area contributed by atoms with Gasteiger partial charge in [0.15, 0.2) is 5.82 Å². The summed E-state index contributed by atoms with van der Waals surface area (Å²) in [6.07, 6.45) is 2.27.